The van der Waals surface area contributed by atoms with E-state index >= 15 is 0 Å². The first kappa shape index (κ1) is 24.4. The number of carbonyl (C=O) groups is 3. The van der Waals surface area contributed by atoms with Crippen LogP contribution in [-0.4, -0.2) is 24.5 Å². The molecule has 8 heteroatoms. The number of rotatable bonds is 8. The molecule has 166 valence electrons. The number of halogens is 1. The Balaban J connectivity index is 2.22. The number of nitrogens with two attached hydrogens (primary N) is 1. The number of benzene rings is 2. The lowest BCUT2D eigenvalue weighted by molar-refractivity contribution is -0.138. The minimum absolute atomic E-state index is 0.0685. The molecule has 2 N–H and O–H groups in total. The summed E-state index contributed by atoms with van der Waals surface area (Å²) >= 11 is 6.18. The summed E-state index contributed by atoms with van der Waals surface area (Å²) in [4.78, 5) is 36.3. The lowest BCUT2D eigenvalue weighted by Crippen LogP contribution is -2.17. The Morgan fingerprint density at radius 2 is 1.42 bits per heavy atom. The molecule has 0 aromatic heterocycles. The molecule has 1 unspecified atom stereocenters. The largest absolute Gasteiger partial charge is 0.426 e. The van der Waals surface area contributed by atoms with Gasteiger partial charge in [-0.3, -0.25) is 9.59 Å². The highest BCUT2D eigenvalue weighted by atomic mass is 35.5. The van der Waals surface area contributed by atoms with Crippen molar-refractivity contribution in [2.75, 3.05) is 6.54 Å². The van der Waals surface area contributed by atoms with E-state index in [4.69, 9.17) is 31.5 Å². The third-order valence-corrected chi connectivity index (χ3v) is 4.63. The van der Waals surface area contributed by atoms with Crippen LogP contribution in [0.2, 0.25) is 0 Å². The SMILES string of the molecule is CC(C)C(=O)Oc1ccc(C(=O)Oc2ccc(C(Cl)CN)cc2OC(=O)C(C)C)cc1. The van der Waals surface area contributed by atoms with E-state index < -0.39 is 17.3 Å². The van der Waals surface area contributed by atoms with E-state index in [1.54, 1.807) is 33.8 Å². The predicted molar refractivity (Wildman–Crippen MR) is 116 cm³/mol. The summed E-state index contributed by atoms with van der Waals surface area (Å²) in [5.41, 5.74) is 6.46. The third kappa shape index (κ3) is 6.80. The Labute approximate surface area is 186 Å². The van der Waals surface area contributed by atoms with Gasteiger partial charge in [-0.05, 0) is 42.0 Å². The maximum atomic E-state index is 12.6. The second kappa shape index (κ2) is 10.9. The average Bonchev–Trinajstić information content (AvgIpc) is 2.74. The number of ether oxygens (including phenoxy) is 3. The fraction of sp³-hybridized carbons (Fsp3) is 0.348. The maximum Gasteiger partial charge on any atom is 0.343 e. The van der Waals surface area contributed by atoms with Gasteiger partial charge < -0.3 is 19.9 Å². The fourth-order valence-electron chi connectivity index (χ4n) is 2.30. The van der Waals surface area contributed by atoms with Gasteiger partial charge in [-0.2, -0.15) is 0 Å². The van der Waals surface area contributed by atoms with Crippen LogP contribution < -0.4 is 19.9 Å². The van der Waals surface area contributed by atoms with Gasteiger partial charge in [0, 0.05) is 6.54 Å². The van der Waals surface area contributed by atoms with Crippen LogP contribution in [-0.2, 0) is 9.59 Å². The minimum atomic E-state index is -0.669. The van der Waals surface area contributed by atoms with E-state index in [0.717, 1.165) is 0 Å². The van der Waals surface area contributed by atoms with Gasteiger partial charge in [0.25, 0.3) is 0 Å². The molecule has 2 aromatic rings. The van der Waals surface area contributed by atoms with Gasteiger partial charge in [0.2, 0.25) is 0 Å². The summed E-state index contributed by atoms with van der Waals surface area (Å²) < 4.78 is 16.0. The summed E-state index contributed by atoms with van der Waals surface area (Å²) in [6.45, 7) is 7.02. The molecule has 2 rings (SSSR count). The normalized spacial score (nSPS) is 11.9. The Bertz CT molecular complexity index is 940. The Morgan fingerprint density at radius 1 is 0.839 bits per heavy atom. The van der Waals surface area contributed by atoms with Crippen molar-refractivity contribution in [3.05, 3.63) is 53.6 Å². The zero-order valence-corrected chi connectivity index (χ0v) is 18.6. The Morgan fingerprint density at radius 3 is 1.97 bits per heavy atom. The van der Waals surface area contributed by atoms with Gasteiger partial charge in [-0.15, -0.1) is 11.6 Å². The highest BCUT2D eigenvalue weighted by Gasteiger charge is 2.19. The van der Waals surface area contributed by atoms with Crippen LogP contribution in [0.5, 0.6) is 17.2 Å². The number of carbonyl (C=O) groups excluding carboxylic acids is 3. The summed E-state index contributed by atoms with van der Waals surface area (Å²) in [5.74, 6) is -1.71. The van der Waals surface area contributed by atoms with E-state index in [0.29, 0.717) is 11.3 Å². The highest BCUT2D eigenvalue weighted by Crippen LogP contribution is 2.33. The molecular formula is C23H26ClNO6. The Hall–Kier alpha value is -2.90. The molecule has 1 atom stereocenters. The lowest BCUT2D eigenvalue weighted by Gasteiger charge is -2.15. The maximum absolute atomic E-state index is 12.6. The zero-order valence-electron chi connectivity index (χ0n) is 17.9. The van der Waals surface area contributed by atoms with Crippen molar-refractivity contribution < 1.29 is 28.6 Å². The molecule has 0 radical (unpaired) electrons. The first-order chi connectivity index (χ1) is 14.6. The standard InChI is InChI=1S/C23H26ClNO6/c1-13(2)21(26)29-17-8-5-15(6-9-17)23(28)30-19-10-7-16(18(24)12-25)11-20(19)31-22(27)14(3)4/h5-11,13-14,18H,12,25H2,1-4H3. The van der Waals surface area contributed by atoms with E-state index in [9.17, 15) is 14.4 Å². The van der Waals surface area contributed by atoms with Gasteiger partial charge >= 0.3 is 17.9 Å². The molecule has 31 heavy (non-hydrogen) atoms. The number of alkyl halides is 1. The van der Waals surface area contributed by atoms with Gasteiger partial charge in [0.15, 0.2) is 11.5 Å². The fourth-order valence-corrected chi connectivity index (χ4v) is 2.43. The van der Waals surface area contributed by atoms with E-state index in [2.05, 4.69) is 0 Å². The number of hydrogen-bond donors (Lipinski definition) is 1. The van der Waals surface area contributed by atoms with Crippen LogP contribution in [0.4, 0.5) is 0 Å². The highest BCUT2D eigenvalue weighted by molar-refractivity contribution is 6.21. The predicted octanol–water partition coefficient (Wildman–Crippen LogP) is 4.27. The minimum Gasteiger partial charge on any atom is -0.426 e. The molecule has 7 nitrogen and oxygen atoms in total. The van der Waals surface area contributed by atoms with E-state index in [-0.39, 0.29) is 41.4 Å². The smallest absolute Gasteiger partial charge is 0.343 e. The summed E-state index contributed by atoms with van der Waals surface area (Å²) in [5, 5.41) is -0.484. The molecule has 0 spiro atoms. The van der Waals surface area contributed by atoms with Gasteiger partial charge in [0.1, 0.15) is 5.75 Å². The van der Waals surface area contributed by atoms with Crippen molar-refractivity contribution in [3.63, 3.8) is 0 Å². The molecule has 0 saturated carbocycles. The van der Waals surface area contributed by atoms with E-state index in [1.807, 2.05) is 0 Å². The van der Waals surface area contributed by atoms with Crippen LogP contribution in [0.15, 0.2) is 42.5 Å². The monoisotopic (exact) mass is 447 g/mol. The van der Waals surface area contributed by atoms with Crippen LogP contribution in [0.25, 0.3) is 0 Å². The van der Waals surface area contributed by atoms with Crippen LogP contribution in [0, 0.1) is 11.8 Å². The summed E-state index contributed by atoms with van der Waals surface area (Å²) in [6, 6.07) is 10.6. The molecule has 0 heterocycles. The molecule has 2 aromatic carbocycles. The molecule has 0 bridgehead atoms. The second-order valence-electron chi connectivity index (χ2n) is 7.47. The van der Waals surface area contributed by atoms with E-state index in [1.165, 1.54) is 36.4 Å². The van der Waals surface area contributed by atoms with Crippen LogP contribution in [0.3, 0.4) is 0 Å². The summed E-state index contributed by atoms with van der Waals surface area (Å²) in [7, 11) is 0. The van der Waals surface area contributed by atoms with Crippen molar-refractivity contribution in [3.8, 4) is 17.2 Å². The van der Waals surface area contributed by atoms with Gasteiger partial charge in [-0.1, -0.05) is 33.8 Å². The first-order valence-corrected chi connectivity index (χ1v) is 10.3. The Kier molecular flexibility index (Phi) is 8.59. The molecule has 0 aliphatic carbocycles. The second-order valence-corrected chi connectivity index (χ2v) is 8.00. The quantitative estimate of drug-likeness (QED) is 0.366. The molecule has 0 fully saturated rings. The molecule has 0 saturated heterocycles. The number of hydrogen-bond acceptors (Lipinski definition) is 7. The average molecular weight is 448 g/mol. The third-order valence-electron chi connectivity index (χ3n) is 4.20. The van der Waals surface area contributed by atoms with Crippen LogP contribution >= 0.6 is 11.6 Å². The molecule has 0 amide bonds. The van der Waals surface area contributed by atoms with Crippen molar-refractivity contribution >= 4 is 29.5 Å². The molecular weight excluding hydrogens is 422 g/mol. The summed E-state index contributed by atoms with van der Waals surface area (Å²) in [6.07, 6.45) is 0. The number of esters is 3. The van der Waals surface area contributed by atoms with Gasteiger partial charge in [0.05, 0.1) is 22.8 Å². The lowest BCUT2D eigenvalue weighted by atomic mass is 10.1. The molecule has 0 aliphatic heterocycles. The van der Waals surface area contributed by atoms with Gasteiger partial charge in [-0.25, -0.2) is 4.79 Å². The van der Waals surface area contributed by atoms with Crippen molar-refractivity contribution in [2.45, 2.75) is 33.1 Å². The van der Waals surface area contributed by atoms with Crippen molar-refractivity contribution in [1.29, 1.82) is 0 Å². The van der Waals surface area contributed by atoms with Crippen molar-refractivity contribution in [2.24, 2.45) is 17.6 Å². The first-order valence-electron chi connectivity index (χ1n) is 9.86. The van der Waals surface area contributed by atoms with Crippen molar-refractivity contribution in [1.82, 2.24) is 0 Å². The topological polar surface area (TPSA) is 105 Å². The molecule has 0 aliphatic rings. The zero-order chi connectivity index (χ0) is 23.1. The van der Waals surface area contributed by atoms with Crippen LogP contribution in [0.1, 0.15) is 49.0 Å².